The molecule has 2 fully saturated rings. The van der Waals surface area contributed by atoms with E-state index in [0.717, 1.165) is 27.1 Å². The van der Waals surface area contributed by atoms with Crippen molar-refractivity contribution in [1.82, 2.24) is 82.3 Å². The maximum absolute atomic E-state index is 15.3. The largest absolute Gasteiger partial charge is 0.487 e. The van der Waals surface area contributed by atoms with Gasteiger partial charge in [0.1, 0.15) is 72.4 Å². The Morgan fingerprint density at radius 1 is 0.536 bits per heavy atom. The number of nitrogens with one attached hydrogen (secondary N) is 8. The van der Waals surface area contributed by atoms with Gasteiger partial charge in [-0.05, 0) is 113 Å². The van der Waals surface area contributed by atoms with Crippen LogP contribution in [-0.2, 0) is 80.4 Å². The van der Waals surface area contributed by atoms with Crippen molar-refractivity contribution in [3.63, 3.8) is 0 Å². The minimum absolute atomic E-state index is 0.00803. The smallest absolute Gasteiger partial charge is 0.330 e. The molecule has 8 aromatic rings. The summed E-state index contributed by atoms with van der Waals surface area (Å²) in [6, 6.07) is 26.1. The molecule has 8 heterocycles. The Kier molecular flexibility index (Phi) is 24.7. The van der Waals surface area contributed by atoms with Crippen LogP contribution in [0.15, 0.2) is 146 Å². The van der Waals surface area contributed by atoms with Crippen LogP contribution in [0.5, 0.6) is 11.5 Å². The van der Waals surface area contributed by atoms with Gasteiger partial charge in [0, 0.05) is 51.2 Å². The monoisotopic (exact) mass is 1500 g/mol. The van der Waals surface area contributed by atoms with Crippen molar-refractivity contribution in [2.24, 2.45) is 10.8 Å². The molecule has 30 heteroatoms. The molecule has 580 valence electrons. The molecule has 0 radical (unpaired) electrons. The van der Waals surface area contributed by atoms with Gasteiger partial charge >= 0.3 is 11.9 Å². The highest BCUT2D eigenvalue weighted by Gasteiger charge is 2.49. The van der Waals surface area contributed by atoms with Gasteiger partial charge in [-0.3, -0.25) is 38.4 Å². The molecule has 0 unspecified atom stereocenters. The predicted molar refractivity (Wildman–Crippen MR) is 405 cm³/mol. The van der Waals surface area contributed by atoms with Gasteiger partial charge in [-0.15, -0.1) is 10.2 Å². The number of carboxylic acid groups (broad SMARTS) is 2. The van der Waals surface area contributed by atoms with Crippen molar-refractivity contribution in [2.45, 2.75) is 180 Å². The van der Waals surface area contributed by atoms with E-state index in [1.165, 1.54) is 43.4 Å². The zero-order valence-corrected chi connectivity index (χ0v) is 63.2. The van der Waals surface area contributed by atoms with Crippen molar-refractivity contribution >= 4 is 80.7 Å². The minimum atomic E-state index is -1.58. The molecule has 0 spiro atoms. The summed E-state index contributed by atoms with van der Waals surface area (Å²) in [4.78, 5) is 147. The molecule has 6 aliphatic heterocycles. The van der Waals surface area contributed by atoms with Crippen LogP contribution in [0, 0.1) is 10.8 Å². The van der Waals surface area contributed by atoms with Crippen LogP contribution < -0.4 is 52.0 Å². The number of carbonyl (C=O) groups excluding carboxylic acids is 8. The number of ether oxygens (including phenoxy) is 2. The van der Waals surface area contributed by atoms with E-state index in [-0.39, 0.29) is 69.7 Å². The summed E-state index contributed by atoms with van der Waals surface area (Å²) in [6.45, 7) is 13.6. The Hall–Kier alpha value is -11.7. The number of fused-ring (bicyclic) bond motifs is 2. The number of hydrogen-bond acceptors (Lipinski definition) is 18. The number of nitrogens with zero attached hydrogens (tertiary/aromatic N) is 8. The van der Waals surface area contributed by atoms with E-state index in [1.54, 1.807) is 106 Å². The number of carbonyl (C=O) groups is 10. The van der Waals surface area contributed by atoms with E-state index in [0.29, 0.717) is 28.3 Å². The second-order valence-electron chi connectivity index (χ2n) is 30.8. The number of hydrogen-bond donors (Lipinski definition) is 10. The average Bonchev–Trinajstić information content (AvgIpc) is 1.65. The summed E-state index contributed by atoms with van der Waals surface area (Å²) in [6.07, 6.45) is 2.57. The normalized spacial score (nSPS) is 21.7. The van der Waals surface area contributed by atoms with Crippen LogP contribution in [0.25, 0.3) is 21.5 Å². The van der Waals surface area contributed by atoms with Gasteiger partial charge in [0.25, 0.3) is 0 Å². The molecule has 8 amide bonds. The number of likely N-dealkylation sites (N-methyl/N-ethyl adjacent to an activating group) is 2. The van der Waals surface area contributed by atoms with E-state index >= 15 is 19.2 Å². The first kappa shape index (κ1) is 79.4. The van der Waals surface area contributed by atoms with Gasteiger partial charge in [0.15, 0.2) is 6.04 Å². The van der Waals surface area contributed by atoms with E-state index in [4.69, 9.17) is 9.47 Å². The number of likely N-dealkylation sites (tertiary alicyclic amines) is 2. The van der Waals surface area contributed by atoms with Crippen LogP contribution in [0.2, 0.25) is 0 Å². The van der Waals surface area contributed by atoms with Crippen LogP contribution in [0.3, 0.4) is 0 Å². The standard InChI is InChI=1S/C80H96N16O14/c1-45(81-9)70(98)87-68(79(3,4)5)75(103)93-41-58-37-64(93)73(101)83-55(33-48-19-23-50-15-11-13-17-53(50)31-48)36-66(97)86-67(78(107)108)52-25-29-61(30-26-52)110-44-57-40-96(92-90-57)59-38-65(94(42-59)76(104)69(80(6,7)8)88-71(99)46(2)82-10)74(102)84-62(35-49-20-24-51-16-12-14-18-54(51)32-49)72(100)85-63(77(105)106)34-47-21-27-60(28-22-47)109-43-56-39-95(58)91-89-56/h11-32,39-40,45-46,55,58-59,62-65,67-69,81-82H,33-38,41-44H2,1-10H3,(H,83,101)(H,84,102)(H,85,100)(H,86,97)(H,87,98)(H,88,99)(H,105,106)(H,107,108)/t45-,46-,55-,58-,59-,62-,63-,64-,65-,67-,68+,69+/m0/s1. The molecule has 2 saturated heterocycles. The third-order valence-corrected chi connectivity index (χ3v) is 20.5. The third kappa shape index (κ3) is 19.4. The molecule has 14 rings (SSSR count). The molecule has 10 N–H and O–H groups in total. The van der Waals surface area contributed by atoms with Crippen molar-refractivity contribution in [2.75, 3.05) is 27.2 Å². The fraction of sp³-hybridized carbons (Fsp3) is 0.425. The molecular formula is C80H96N16O14. The summed E-state index contributed by atoms with van der Waals surface area (Å²) in [5.41, 5.74) is 0.970. The lowest BCUT2D eigenvalue weighted by molar-refractivity contribution is -0.145. The zero-order chi connectivity index (χ0) is 78.9. The van der Waals surface area contributed by atoms with Gasteiger partial charge in [0.05, 0.1) is 36.6 Å². The Morgan fingerprint density at radius 2 is 0.991 bits per heavy atom. The van der Waals surface area contributed by atoms with Gasteiger partial charge in [0.2, 0.25) is 47.3 Å². The molecule has 12 atom stereocenters. The first-order valence-electron chi connectivity index (χ1n) is 36.8. The first-order chi connectivity index (χ1) is 52.4. The lowest BCUT2D eigenvalue weighted by Crippen LogP contribution is -2.60. The van der Waals surface area contributed by atoms with Crippen molar-refractivity contribution in [1.29, 1.82) is 0 Å². The molecule has 6 aliphatic rings. The fourth-order valence-electron chi connectivity index (χ4n) is 14.0. The number of amides is 8. The number of aliphatic carboxylic acids is 2. The van der Waals surface area contributed by atoms with E-state index in [1.807, 2.05) is 84.9 Å². The molecule has 6 aromatic carbocycles. The van der Waals surface area contributed by atoms with Crippen LogP contribution in [-0.4, -0.2) is 191 Å². The second-order valence-corrected chi connectivity index (χ2v) is 30.8. The van der Waals surface area contributed by atoms with Gasteiger partial charge in [-0.2, -0.15) is 0 Å². The van der Waals surface area contributed by atoms with Gasteiger partial charge < -0.3 is 72.0 Å². The topological polar surface area (TPSA) is 394 Å². The van der Waals surface area contributed by atoms with Gasteiger partial charge in [-0.25, -0.2) is 19.0 Å². The fourth-order valence-corrected chi connectivity index (χ4v) is 14.0. The molecule has 0 aliphatic carbocycles. The average molecular weight is 1510 g/mol. The Balaban J connectivity index is 0.922. The molecule has 110 heavy (non-hydrogen) atoms. The Morgan fingerprint density at radius 3 is 1.45 bits per heavy atom. The van der Waals surface area contributed by atoms with Gasteiger partial charge in [-0.1, -0.05) is 161 Å². The highest BCUT2D eigenvalue weighted by molar-refractivity contribution is 5.98. The summed E-state index contributed by atoms with van der Waals surface area (Å²) in [5, 5.41) is 65.7. The number of carboxylic acids is 2. The molecule has 30 nitrogen and oxygen atoms in total. The molecular weight excluding hydrogens is 1410 g/mol. The van der Waals surface area contributed by atoms with E-state index < -0.39 is 149 Å². The lowest BCUT2D eigenvalue weighted by Gasteiger charge is -2.36. The molecule has 0 saturated carbocycles. The quantitative estimate of drug-likeness (QED) is 0.0698. The summed E-state index contributed by atoms with van der Waals surface area (Å²) in [7, 11) is 3.22. The van der Waals surface area contributed by atoms with Crippen LogP contribution in [0.1, 0.15) is 126 Å². The predicted octanol–water partition coefficient (Wildman–Crippen LogP) is 4.81. The molecule has 2 aromatic heterocycles. The molecule has 12 bridgehead atoms. The maximum atomic E-state index is 15.3. The first-order valence-corrected chi connectivity index (χ1v) is 36.8. The van der Waals surface area contributed by atoms with Crippen molar-refractivity contribution in [3.05, 3.63) is 179 Å². The number of aromatic nitrogens is 6. The lowest BCUT2D eigenvalue weighted by atomic mass is 9.85. The minimum Gasteiger partial charge on any atom is -0.487 e. The number of benzene rings is 6. The summed E-state index contributed by atoms with van der Waals surface area (Å²) < 4.78 is 15.4. The summed E-state index contributed by atoms with van der Waals surface area (Å²) in [5.74, 6) is -7.07. The van der Waals surface area contributed by atoms with Crippen LogP contribution in [0.4, 0.5) is 0 Å². The third-order valence-electron chi connectivity index (χ3n) is 20.5. The Bertz CT molecular complexity index is 4710. The van der Waals surface area contributed by atoms with Crippen LogP contribution >= 0.6 is 0 Å². The van der Waals surface area contributed by atoms with E-state index in [2.05, 4.69) is 63.2 Å². The summed E-state index contributed by atoms with van der Waals surface area (Å²) >= 11 is 0. The Labute approximate surface area is 636 Å². The SMILES string of the molecule is CN[C@@H](C)C(=O)N[C@H](C(=O)N1C[C@@H]2C[C@H]1C(=O)N[C@@H](Cc1ccc3ccccc3c1)CC(=O)N[C@H](C(=O)O)c1ccc(cc1)OCc1cn(nn1)[C@H]1C[C@@H](C(=O)N[C@@H](Cc3ccc4ccccc4c3)C(=O)N[C@H](C(=O)O)Cc3ccc(cc3)OCc3cn2nn3)N(C(=O)[C@@H](NC(=O)[C@H](C)NC)C(C)(C)C)C1)C(C)(C)C. The van der Waals surface area contributed by atoms with Crippen molar-refractivity contribution < 1.29 is 67.6 Å². The maximum Gasteiger partial charge on any atom is 0.330 e. The zero-order valence-electron chi connectivity index (χ0n) is 63.2. The van der Waals surface area contributed by atoms with Crippen molar-refractivity contribution in [3.8, 4) is 11.5 Å². The number of rotatable bonds is 14. The van der Waals surface area contributed by atoms with E-state index in [9.17, 15) is 39.0 Å². The highest BCUT2D eigenvalue weighted by atomic mass is 16.5. The highest BCUT2D eigenvalue weighted by Crippen LogP contribution is 2.35. The second kappa shape index (κ2) is 34.3.